The number of nitrogens with zero attached hydrogens (tertiary/aromatic N) is 4. The van der Waals surface area contributed by atoms with Crippen LogP contribution in [0.2, 0.25) is 0 Å². The summed E-state index contributed by atoms with van der Waals surface area (Å²) in [6, 6.07) is 5.44. The molecular weight excluding hydrogens is 234 g/mol. The van der Waals surface area contributed by atoms with E-state index in [9.17, 15) is 0 Å². The molecule has 2 N–H and O–H groups in total. The Labute approximate surface area is 104 Å². The lowest BCUT2D eigenvalue weighted by Crippen LogP contribution is -2.06. The number of nitrogens with two attached hydrogens (primary N) is 1. The zero-order valence-corrected chi connectivity index (χ0v) is 10.3. The summed E-state index contributed by atoms with van der Waals surface area (Å²) < 4.78 is 12.4. The summed E-state index contributed by atoms with van der Waals surface area (Å²) in [7, 11) is 0. The average Bonchev–Trinajstić information content (AvgIpc) is 2.78. The summed E-state index contributed by atoms with van der Waals surface area (Å²) in [5, 5.41) is 11.0. The lowest BCUT2D eigenvalue weighted by Gasteiger charge is -2.12. The smallest absolute Gasteiger partial charge is 0.245 e. The van der Waals surface area contributed by atoms with Crippen LogP contribution in [0.3, 0.4) is 0 Å². The quantitative estimate of drug-likeness (QED) is 0.851. The summed E-state index contributed by atoms with van der Waals surface area (Å²) in [5.41, 5.74) is 6.35. The molecule has 7 heteroatoms. The van der Waals surface area contributed by atoms with E-state index in [2.05, 4.69) is 15.5 Å². The highest BCUT2D eigenvalue weighted by Crippen LogP contribution is 2.28. The van der Waals surface area contributed by atoms with E-state index >= 15 is 0 Å². The zero-order chi connectivity index (χ0) is 13.0. The van der Waals surface area contributed by atoms with Crippen molar-refractivity contribution in [3.63, 3.8) is 0 Å². The third kappa shape index (κ3) is 2.34. The van der Waals surface area contributed by atoms with Gasteiger partial charge in [-0.3, -0.25) is 0 Å². The first-order chi connectivity index (χ1) is 8.76. The summed E-state index contributed by atoms with van der Waals surface area (Å²) in [5.74, 6) is 1.57. The second-order valence-electron chi connectivity index (χ2n) is 3.44. The van der Waals surface area contributed by atoms with Crippen molar-refractivity contribution < 1.29 is 9.47 Å². The Balaban J connectivity index is 2.47. The van der Waals surface area contributed by atoms with Gasteiger partial charge >= 0.3 is 0 Å². The fraction of sp³-hybridized carbons (Fsp3) is 0.364. The summed E-state index contributed by atoms with van der Waals surface area (Å²) in [4.78, 5) is 0. The second-order valence-corrected chi connectivity index (χ2v) is 3.44. The molecule has 7 nitrogen and oxygen atoms in total. The number of aromatic nitrogens is 4. The topological polar surface area (TPSA) is 88.1 Å². The molecule has 1 aromatic carbocycles. The molecule has 0 bridgehead atoms. The van der Waals surface area contributed by atoms with E-state index in [4.69, 9.17) is 15.2 Å². The predicted octanol–water partition coefficient (Wildman–Crippen LogP) is 1.04. The Bertz CT molecular complexity index is 526. The van der Waals surface area contributed by atoms with Gasteiger partial charge in [-0.25, -0.2) is 0 Å². The van der Waals surface area contributed by atoms with Crippen LogP contribution in [0.5, 0.6) is 11.5 Å². The average molecular weight is 249 g/mol. The third-order valence-corrected chi connectivity index (χ3v) is 2.26. The van der Waals surface area contributed by atoms with E-state index < -0.39 is 0 Å². The number of rotatable bonds is 5. The lowest BCUT2D eigenvalue weighted by molar-refractivity contribution is 0.329. The van der Waals surface area contributed by atoms with Crippen LogP contribution in [0.25, 0.3) is 5.69 Å². The molecule has 2 rings (SSSR count). The molecule has 0 radical (unpaired) electrons. The minimum Gasteiger partial charge on any atom is -0.494 e. The zero-order valence-electron chi connectivity index (χ0n) is 10.3. The van der Waals surface area contributed by atoms with Gasteiger partial charge in [0.1, 0.15) is 17.2 Å². The first-order valence-electron chi connectivity index (χ1n) is 5.70. The maximum absolute atomic E-state index is 5.69. The van der Waals surface area contributed by atoms with E-state index in [0.29, 0.717) is 30.4 Å². The molecule has 96 valence electrons. The molecule has 0 amide bonds. The van der Waals surface area contributed by atoms with Gasteiger partial charge in [-0.05, 0) is 36.4 Å². The third-order valence-electron chi connectivity index (χ3n) is 2.26. The Morgan fingerprint density at radius 1 is 1.22 bits per heavy atom. The highest BCUT2D eigenvalue weighted by molar-refractivity contribution is 5.52. The van der Waals surface area contributed by atoms with Gasteiger partial charge in [-0.2, -0.15) is 4.68 Å². The van der Waals surface area contributed by atoms with Crippen LogP contribution < -0.4 is 15.2 Å². The molecule has 1 heterocycles. The van der Waals surface area contributed by atoms with Crippen molar-refractivity contribution >= 4 is 5.95 Å². The Morgan fingerprint density at radius 2 is 2.00 bits per heavy atom. The molecule has 0 saturated carbocycles. The van der Waals surface area contributed by atoms with Crippen LogP contribution in [0.1, 0.15) is 13.8 Å². The van der Waals surface area contributed by atoms with Gasteiger partial charge < -0.3 is 15.2 Å². The molecule has 0 saturated heterocycles. The standard InChI is InChI=1S/C11H15N5O2/c1-3-17-8-5-6-10(18-4-2)9(7-8)16-11(12)13-14-15-16/h5-7H,3-4H2,1-2H3,(H2,12,13,15). The minimum absolute atomic E-state index is 0.199. The molecule has 1 aromatic heterocycles. The number of nitrogen functional groups attached to an aromatic ring is 1. The van der Waals surface area contributed by atoms with Crippen LogP contribution in [0.15, 0.2) is 18.2 Å². The van der Waals surface area contributed by atoms with Gasteiger partial charge in [-0.15, -0.1) is 0 Å². The molecule has 0 fully saturated rings. The van der Waals surface area contributed by atoms with Crippen molar-refractivity contribution in [2.75, 3.05) is 18.9 Å². The van der Waals surface area contributed by atoms with Crippen LogP contribution in [-0.2, 0) is 0 Å². The molecular formula is C11H15N5O2. The molecule has 0 atom stereocenters. The Kier molecular flexibility index (Phi) is 3.61. The van der Waals surface area contributed by atoms with E-state index in [0.717, 1.165) is 0 Å². The van der Waals surface area contributed by atoms with E-state index in [1.807, 2.05) is 26.0 Å². The van der Waals surface area contributed by atoms with Crippen molar-refractivity contribution in [2.45, 2.75) is 13.8 Å². The fourth-order valence-corrected chi connectivity index (χ4v) is 1.56. The van der Waals surface area contributed by atoms with Crippen LogP contribution in [0, 0.1) is 0 Å². The molecule has 2 aromatic rings. The maximum atomic E-state index is 5.69. The normalized spacial score (nSPS) is 10.3. The SMILES string of the molecule is CCOc1ccc(OCC)c(-n2nnnc2N)c1. The van der Waals surface area contributed by atoms with Crippen LogP contribution >= 0.6 is 0 Å². The number of benzene rings is 1. The van der Waals surface area contributed by atoms with Crippen molar-refractivity contribution in [1.82, 2.24) is 20.2 Å². The van der Waals surface area contributed by atoms with Crippen LogP contribution in [0.4, 0.5) is 5.95 Å². The van der Waals surface area contributed by atoms with Gasteiger partial charge in [0, 0.05) is 6.07 Å². The largest absolute Gasteiger partial charge is 0.494 e. The van der Waals surface area contributed by atoms with Crippen LogP contribution in [-0.4, -0.2) is 33.4 Å². The Morgan fingerprint density at radius 3 is 2.61 bits per heavy atom. The summed E-state index contributed by atoms with van der Waals surface area (Å²) >= 11 is 0. The monoisotopic (exact) mass is 249 g/mol. The van der Waals surface area contributed by atoms with Crippen molar-refractivity contribution in [1.29, 1.82) is 0 Å². The van der Waals surface area contributed by atoms with Gasteiger partial charge in [0.25, 0.3) is 0 Å². The predicted molar refractivity (Wildman–Crippen MR) is 65.9 cm³/mol. The van der Waals surface area contributed by atoms with Crippen molar-refractivity contribution in [2.24, 2.45) is 0 Å². The fourth-order valence-electron chi connectivity index (χ4n) is 1.56. The van der Waals surface area contributed by atoms with Crippen molar-refractivity contribution in [3.05, 3.63) is 18.2 Å². The van der Waals surface area contributed by atoms with E-state index in [1.165, 1.54) is 4.68 Å². The summed E-state index contributed by atoms with van der Waals surface area (Å²) in [6.07, 6.45) is 0. The Hall–Kier alpha value is -2.31. The molecule has 0 unspecified atom stereocenters. The molecule has 0 aliphatic rings. The number of tetrazole rings is 1. The number of hydrogen-bond donors (Lipinski definition) is 1. The number of anilines is 1. The van der Waals surface area contributed by atoms with E-state index in [-0.39, 0.29) is 5.95 Å². The highest BCUT2D eigenvalue weighted by Gasteiger charge is 2.12. The molecule has 18 heavy (non-hydrogen) atoms. The van der Waals surface area contributed by atoms with Crippen molar-refractivity contribution in [3.8, 4) is 17.2 Å². The lowest BCUT2D eigenvalue weighted by atomic mass is 10.2. The molecule has 0 spiro atoms. The number of hydrogen-bond acceptors (Lipinski definition) is 6. The number of ether oxygens (including phenoxy) is 2. The van der Waals surface area contributed by atoms with Gasteiger partial charge in [-0.1, -0.05) is 5.10 Å². The van der Waals surface area contributed by atoms with E-state index in [1.54, 1.807) is 6.07 Å². The maximum Gasteiger partial charge on any atom is 0.245 e. The molecule has 0 aliphatic heterocycles. The highest BCUT2D eigenvalue weighted by atomic mass is 16.5. The first kappa shape index (κ1) is 12.2. The minimum atomic E-state index is 0.199. The van der Waals surface area contributed by atoms with Gasteiger partial charge in [0.2, 0.25) is 5.95 Å². The molecule has 0 aliphatic carbocycles. The second kappa shape index (κ2) is 5.35. The first-order valence-corrected chi connectivity index (χ1v) is 5.70. The van der Waals surface area contributed by atoms with Gasteiger partial charge in [0.15, 0.2) is 0 Å². The summed E-state index contributed by atoms with van der Waals surface area (Å²) in [6.45, 7) is 4.95. The van der Waals surface area contributed by atoms with Gasteiger partial charge in [0.05, 0.1) is 13.2 Å².